The Morgan fingerprint density at radius 3 is 1.18 bits per heavy atom. The van der Waals surface area contributed by atoms with Crippen molar-refractivity contribution < 1.29 is 42.1 Å². The van der Waals surface area contributed by atoms with E-state index in [1.807, 2.05) is 24.3 Å². The van der Waals surface area contributed by atoms with Gasteiger partial charge in [-0.15, -0.1) is 0 Å². The fourth-order valence-corrected chi connectivity index (χ4v) is 6.94. The van der Waals surface area contributed by atoms with Gasteiger partial charge in [0.1, 0.15) is 35.3 Å². The summed E-state index contributed by atoms with van der Waals surface area (Å²) in [5.41, 5.74) is 13.9. The van der Waals surface area contributed by atoms with E-state index in [9.17, 15) is 23.2 Å². The highest BCUT2D eigenvalue weighted by Gasteiger charge is 2.23. The van der Waals surface area contributed by atoms with Crippen molar-refractivity contribution in [1.29, 1.82) is 0 Å². The molecule has 6 rings (SSSR count). The Balaban J connectivity index is 0.899. The van der Waals surface area contributed by atoms with Crippen LogP contribution >= 0.6 is 0 Å². The minimum Gasteiger partial charge on any atom is -0.441 e. The summed E-state index contributed by atoms with van der Waals surface area (Å²) in [7, 11) is 0. The number of amides is 2. The summed E-state index contributed by atoms with van der Waals surface area (Å²) in [6.45, 7) is 7.64. The molecule has 0 aromatic heterocycles. The molecule has 2 atom stereocenters. The zero-order valence-corrected chi connectivity index (χ0v) is 30.9. The zero-order chi connectivity index (χ0) is 39.4. The molecule has 4 aromatic rings. The third-order valence-corrected chi connectivity index (χ3v) is 9.97. The van der Waals surface area contributed by atoms with Crippen LogP contribution in [0, 0.1) is 11.6 Å². The lowest BCUT2D eigenvalue weighted by Gasteiger charge is -2.36. The molecule has 0 saturated carbocycles. The quantitative estimate of drug-likeness (QED) is 0.111. The van der Waals surface area contributed by atoms with E-state index in [1.165, 1.54) is 24.3 Å². The summed E-state index contributed by atoms with van der Waals surface area (Å²) in [4.78, 5) is 44.6. The summed E-state index contributed by atoms with van der Waals surface area (Å²) in [5.74, 6) is -0.00606. The number of ether oxygens (including phenoxy) is 4. The molecule has 2 amide bonds. The normalized spacial score (nSPS) is 16.1. The molecular weight excluding hydrogens is 726 g/mol. The fraction of sp³-hybridized carbons (Fsp3) is 0.341. The molecule has 2 aliphatic rings. The average molecular weight is 773 g/mol. The molecule has 0 aliphatic carbocycles. The van der Waals surface area contributed by atoms with E-state index >= 15 is 0 Å². The molecule has 2 fully saturated rings. The summed E-state index contributed by atoms with van der Waals surface area (Å²) in [6.07, 6.45) is -2.63. The van der Waals surface area contributed by atoms with E-state index < -0.39 is 30.5 Å². The standard InChI is InChI=1S/C41H46F2N6O7/c42-31-5-1-29(2-6-31)37(55-39(44)50)17-19-46-21-25-48(26-22-46)33-9-13-35(14-10-33)53-41(52)54-36-15-11-34(12-16-36)49-27-23-47(24-28-49)20-18-38(56-40(45)51)30-3-7-32(43)8-4-30/h1-16,37-38H,17-28H2,(H2,44,50)(H2,45,51). The fourth-order valence-electron chi connectivity index (χ4n) is 6.94. The highest BCUT2D eigenvalue weighted by atomic mass is 19.1. The van der Waals surface area contributed by atoms with Crippen molar-refractivity contribution in [2.24, 2.45) is 11.5 Å². The third-order valence-electron chi connectivity index (χ3n) is 9.97. The van der Waals surface area contributed by atoms with E-state index in [1.54, 1.807) is 48.5 Å². The molecule has 2 aliphatic heterocycles. The monoisotopic (exact) mass is 772 g/mol. The maximum absolute atomic E-state index is 13.4. The van der Waals surface area contributed by atoms with Gasteiger partial charge in [0, 0.05) is 89.7 Å². The summed E-state index contributed by atoms with van der Waals surface area (Å²) >= 11 is 0. The number of carbonyl (C=O) groups excluding carboxylic acids is 3. The van der Waals surface area contributed by atoms with Gasteiger partial charge < -0.3 is 40.2 Å². The molecular formula is C41H46F2N6O7. The van der Waals surface area contributed by atoms with Gasteiger partial charge in [-0.25, -0.2) is 23.2 Å². The molecule has 2 heterocycles. The van der Waals surface area contributed by atoms with Crippen LogP contribution in [0.4, 0.5) is 34.5 Å². The second-order valence-electron chi connectivity index (χ2n) is 13.6. The van der Waals surface area contributed by atoms with E-state index in [-0.39, 0.29) is 11.6 Å². The minimum atomic E-state index is -0.869. The van der Waals surface area contributed by atoms with E-state index in [2.05, 4.69) is 19.6 Å². The Morgan fingerprint density at radius 1 is 0.518 bits per heavy atom. The van der Waals surface area contributed by atoms with E-state index in [4.69, 9.17) is 30.4 Å². The van der Waals surface area contributed by atoms with Crippen LogP contribution in [0.25, 0.3) is 0 Å². The van der Waals surface area contributed by atoms with Crippen molar-refractivity contribution >= 4 is 29.7 Å². The van der Waals surface area contributed by atoms with Crippen molar-refractivity contribution in [3.8, 4) is 11.5 Å². The first-order valence-electron chi connectivity index (χ1n) is 18.6. The summed E-state index contributed by atoms with van der Waals surface area (Å²) in [6, 6.07) is 26.3. The number of benzene rings is 4. The lowest BCUT2D eigenvalue weighted by Crippen LogP contribution is -2.46. The first kappa shape index (κ1) is 39.8. The second-order valence-corrected chi connectivity index (χ2v) is 13.6. The molecule has 4 aromatic carbocycles. The first-order valence-corrected chi connectivity index (χ1v) is 18.6. The lowest BCUT2D eigenvalue weighted by molar-refractivity contribution is 0.0903. The van der Waals surface area contributed by atoms with Gasteiger partial charge in [-0.05, 0) is 83.9 Å². The molecule has 56 heavy (non-hydrogen) atoms. The maximum Gasteiger partial charge on any atom is 0.519 e. The Bertz CT molecular complexity index is 1750. The molecule has 0 spiro atoms. The van der Waals surface area contributed by atoms with Crippen LogP contribution in [0.15, 0.2) is 97.1 Å². The van der Waals surface area contributed by atoms with Crippen molar-refractivity contribution in [2.75, 3.05) is 75.2 Å². The number of anilines is 2. The molecule has 15 heteroatoms. The van der Waals surface area contributed by atoms with Gasteiger partial charge in [-0.1, -0.05) is 24.3 Å². The number of hydrogen-bond donors (Lipinski definition) is 2. The number of nitrogens with two attached hydrogens (primary N) is 2. The van der Waals surface area contributed by atoms with Gasteiger partial charge in [0.15, 0.2) is 0 Å². The van der Waals surface area contributed by atoms with Gasteiger partial charge in [0.25, 0.3) is 0 Å². The zero-order valence-electron chi connectivity index (χ0n) is 30.9. The van der Waals surface area contributed by atoms with Gasteiger partial charge in [-0.2, -0.15) is 0 Å². The highest BCUT2D eigenvalue weighted by Crippen LogP contribution is 2.27. The SMILES string of the molecule is NC(=O)OC(CCN1CCN(c2ccc(OC(=O)Oc3ccc(N4CCN(CCC(OC(N)=O)c5ccc(F)cc5)CC4)cc3)cc2)CC1)c1ccc(F)cc1. The lowest BCUT2D eigenvalue weighted by atomic mass is 10.1. The second kappa shape index (κ2) is 19.1. The number of hydrogen-bond acceptors (Lipinski definition) is 11. The molecule has 2 unspecified atom stereocenters. The minimum absolute atomic E-state index is 0.360. The largest absolute Gasteiger partial charge is 0.519 e. The van der Waals surface area contributed by atoms with Crippen molar-refractivity contribution in [3.63, 3.8) is 0 Å². The number of nitrogens with zero attached hydrogens (tertiary/aromatic N) is 4. The number of halogens is 2. The first-order chi connectivity index (χ1) is 27.1. The number of carbonyl (C=O) groups is 3. The van der Waals surface area contributed by atoms with Gasteiger partial charge >= 0.3 is 18.3 Å². The smallest absolute Gasteiger partial charge is 0.441 e. The van der Waals surface area contributed by atoms with Crippen LogP contribution in [0.5, 0.6) is 11.5 Å². The van der Waals surface area contributed by atoms with Crippen LogP contribution in [-0.4, -0.2) is 93.6 Å². The third kappa shape index (κ3) is 11.5. The van der Waals surface area contributed by atoms with Crippen LogP contribution in [-0.2, 0) is 9.47 Å². The molecule has 4 N–H and O–H groups in total. The molecule has 13 nitrogen and oxygen atoms in total. The Kier molecular flexibility index (Phi) is 13.6. The van der Waals surface area contributed by atoms with E-state index in [0.717, 1.165) is 63.7 Å². The molecule has 2 saturated heterocycles. The van der Waals surface area contributed by atoms with Crippen molar-refractivity contribution in [1.82, 2.24) is 9.80 Å². The predicted molar refractivity (Wildman–Crippen MR) is 206 cm³/mol. The van der Waals surface area contributed by atoms with Crippen LogP contribution in [0.3, 0.4) is 0 Å². The number of piperazine rings is 2. The molecule has 296 valence electrons. The Hall–Kier alpha value is -5.93. The Labute approximate surface area is 324 Å². The Morgan fingerprint density at radius 2 is 0.857 bits per heavy atom. The van der Waals surface area contributed by atoms with Gasteiger partial charge in [0.2, 0.25) is 0 Å². The van der Waals surface area contributed by atoms with Crippen LogP contribution in [0.2, 0.25) is 0 Å². The topological polar surface area (TPSA) is 153 Å². The van der Waals surface area contributed by atoms with Crippen molar-refractivity contribution in [2.45, 2.75) is 25.0 Å². The maximum atomic E-state index is 13.4. The van der Waals surface area contributed by atoms with Crippen LogP contribution in [0.1, 0.15) is 36.2 Å². The van der Waals surface area contributed by atoms with E-state index in [0.29, 0.717) is 48.6 Å². The van der Waals surface area contributed by atoms with Crippen molar-refractivity contribution in [3.05, 3.63) is 120 Å². The number of rotatable bonds is 14. The summed E-state index contributed by atoms with van der Waals surface area (Å²) < 4.78 is 48.2. The van der Waals surface area contributed by atoms with Gasteiger partial charge in [0.05, 0.1) is 0 Å². The van der Waals surface area contributed by atoms with Gasteiger partial charge in [-0.3, -0.25) is 9.80 Å². The highest BCUT2D eigenvalue weighted by molar-refractivity contribution is 5.68. The summed E-state index contributed by atoms with van der Waals surface area (Å²) in [5, 5.41) is 0. The average Bonchev–Trinajstić information content (AvgIpc) is 3.19. The predicted octanol–water partition coefficient (Wildman–Crippen LogP) is 6.24. The molecule has 0 bridgehead atoms. The number of primary amides is 2. The molecule has 0 radical (unpaired) electrons. The van der Waals surface area contributed by atoms with Crippen LogP contribution < -0.4 is 30.7 Å².